The molecule has 0 aliphatic heterocycles. The van der Waals surface area contributed by atoms with E-state index in [2.05, 4.69) is 26.6 Å². The predicted octanol–water partition coefficient (Wildman–Crippen LogP) is 1.03. The van der Waals surface area contributed by atoms with Gasteiger partial charge < -0.3 is 21.3 Å². The molecule has 0 saturated heterocycles. The summed E-state index contributed by atoms with van der Waals surface area (Å²) in [6.07, 6.45) is 0. The maximum atomic E-state index is 11.8. The fourth-order valence-electron chi connectivity index (χ4n) is 1.34. The minimum absolute atomic E-state index is 0.197. The summed E-state index contributed by atoms with van der Waals surface area (Å²) in [7, 11) is 3.30. The van der Waals surface area contributed by atoms with E-state index in [4.69, 9.17) is 5.73 Å². The molecule has 3 amide bonds. The highest BCUT2D eigenvalue weighted by molar-refractivity contribution is 9.10. The number of rotatable bonds is 4. The summed E-state index contributed by atoms with van der Waals surface area (Å²) in [4.78, 5) is 24.5. The van der Waals surface area contributed by atoms with Gasteiger partial charge in [-0.25, -0.2) is 4.79 Å². The Morgan fingerprint density at radius 2 is 1.89 bits per heavy atom. The zero-order chi connectivity index (χ0) is 14.4. The number of urea groups is 1. The molecule has 0 aliphatic carbocycles. The van der Waals surface area contributed by atoms with E-state index < -0.39 is 0 Å². The van der Waals surface area contributed by atoms with E-state index in [1.54, 1.807) is 32.3 Å². The average molecular weight is 329 g/mol. The predicted molar refractivity (Wildman–Crippen MR) is 78.0 cm³/mol. The van der Waals surface area contributed by atoms with Crippen molar-refractivity contribution in [1.29, 1.82) is 0 Å². The van der Waals surface area contributed by atoms with Crippen molar-refractivity contribution in [2.45, 2.75) is 0 Å². The number of nitrogens with zero attached hydrogens (tertiary/aromatic N) is 1. The molecule has 1 aromatic carbocycles. The van der Waals surface area contributed by atoms with Crippen LogP contribution in [-0.4, -0.2) is 44.0 Å². The number of nitrogens with two attached hydrogens (primary N) is 1. The van der Waals surface area contributed by atoms with Gasteiger partial charge in [0.1, 0.15) is 0 Å². The molecule has 0 atom stereocenters. The van der Waals surface area contributed by atoms with Crippen LogP contribution < -0.4 is 16.4 Å². The molecule has 0 unspecified atom stereocenters. The van der Waals surface area contributed by atoms with Crippen LogP contribution in [-0.2, 0) is 0 Å². The van der Waals surface area contributed by atoms with E-state index in [0.29, 0.717) is 24.3 Å². The van der Waals surface area contributed by atoms with Gasteiger partial charge in [0.05, 0.1) is 5.56 Å². The van der Waals surface area contributed by atoms with Crippen molar-refractivity contribution >= 4 is 33.6 Å². The summed E-state index contributed by atoms with van der Waals surface area (Å²) < 4.78 is 0.819. The molecule has 19 heavy (non-hydrogen) atoms. The first-order valence-corrected chi connectivity index (χ1v) is 6.49. The van der Waals surface area contributed by atoms with E-state index in [-0.39, 0.29) is 11.9 Å². The van der Waals surface area contributed by atoms with Crippen LogP contribution in [0.3, 0.4) is 0 Å². The summed E-state index contributed by atoms with van der Waals surface area (Å²) >= 11 is 3.27. The third kappa shape index (κ3) is 4.78. The minimum atomic E-state index is -0.260. The molecule has 104 valence electrons. The van der Waals surface area contributed by atoms with Gasteiger partial charge in [0, 0.05) is 37.3 Å². The molecule has 7 heteroatoms. The van der Waals surface area contributed by atoms with Gasteiger partial charge in [0.15, 0.2) is 0 Å². The van der Waals surface area contributed by atoms with Gasteiger partial charge in [0.25, 0.3) is 5.91 Å². The van der Waals surface area contributed by atoms with Gasteiger partial charge in [-0.05, 0) is 18.2 Å². The lowest BCUT2D eigenvalue weighted by Crippen LogP contribution is -2.39. The van der Waals surface area contributed by atoms with Crippen molar-refractivity contribution in [2.75, 3.05) is 32.9 Å². The van der Waals surface area contributed by atoms with Gasteiger partial charge in [-0.15, -0.1) is 0 Å². The Morgan fingerprint density at radius 1 is 1.26 bits per heavy atom. The molecular formula is C12H17BrN4O2. The normalized spacial score (nSPS) is 9.84. The van der Waals surface area contributed by atoms with E-state index in [1.165, 1.54) is 4.90 Å². The van der Waals surface area contributed by atoms with Gasteiger partial charge in [0.2, 0.25) is 0 Å². The highest BCUT2D eigenvalue weighted by Gasteiger charge is 2.09. The highest BCUT2D eigenvalue weighted by Crippen LogP contribution is 2.18. The number of hydrogen-bond acceptors (Lipinski definition) is 3. The Balaban J connectivity index is 2.41. The first kappa shape index (κ1) is 15.3. The fourth-order valence-corrected chi connectivity index (χ4v) is 1.72. The smallest absolute Gasteiger partial charge is 0.316 e. The van der Waals surface area contributed by atoms with E-state index in [9.17, 15) is 9.59 Å². The monoisotopic (exact) mass is 328 g/mol. The summed E-state index contributed by atoms with van der Waals surface area (Å²) in [5.74, 6) is -0.260. The van der Waals surface area contributed by atoms with E-state index >= 15 is 0 Å². The Bertz CT molecular complexity index is 477. The zero-order valence-corrected chi connectivity index (χ0v) is 12.5. The summed E-state index contributed by atoms with van der Waals surface area (Å²) in [5, 5.41) is 5.33. The third-order valence-electron chi connectivity index (χ3n) is 2.35. The van der Waals surface area contributed by atoms with Crippen LogP contribution in [0.1, 0.15) is 10.4 Å². The highest BCUT2D eigenvalue weighted by atomic mass is 79.9. The molecule has 1 aromatic rings. The van der Waals surface area contributed by atoms with Gasteiger partial charge in [-0.1, -0.05) is 15.9 Å². The molecule has 0 saturated carbocycles. The summed E-state index contributed by atoms with van der Waals surface area (Å²) in [6, 6.07) is 4.87. The molecule has 1 rings (SSSR count). The first-order chi connectivity index (χ1) is 8.91. The number of halogens is 1. The fraction of sp³-hybridized carbons (Fsp3) is 0.333. The molecule has 6 nitrogen and oxygen atoms in total. The Morgan fingerprint density at radius 3 is 2.47 bits per heavy atom. The Hall–Kier alpha value is -1.76. The van der Waals surface area contributed by atoms with Gasteiger partial charge in [-0.2, -0.15) is 0 Å². The van der Waals surface area contributed by atoms with Crippen LogP contribution in [0.4, 0.5) is 10.5 Å². The van der Waals surface area contributed by atoms with Crippen LogP contribution in [0.5, 0.6) is 0 Å². The number of hydrogen-bond donors (Lipinski definition) is 3. The van der Waals surface area contributed by atoms with Crippen molar-refractivity contribution in [2.24, 2.45) is 0 Å². The van der Waals surface area contributed by atoms with Crippen molar-refractivity contribution < 1.29 is 9.59 Å². The second-order valence-electron chi connectivity index (χ2n) is 4.11. The number of nitrogen functional groups attached to an aromatic ring is 1. The number of carbonyl (C=O) groups is 2. The molecular weight excluding hydrogens is 312 g/mol. The lowest BCUT2D eigenvalue weighted by molar-refractivity contribution is 0.0954. The summed E-state index contributed by atoms with van der Waals surface area (Å²) in [5.41, 5.74) is 6.57. The number of benzene rings is 1. The number of nitrogens with one attached hydrogen (secondary N) is 2. The Labute approximate surface area is 120 Å². The van der Waals surface area contributed by atoms with Crippen LogP contribution in [0.25, 0.3) is 0 Å². The molecule has 0 fully saturated rings. The van der Waals surface area contributed by atoms with Gasteiger partial charge >= 0.3 is 6.03 Å². The topological polar surface area (TPSA) is 87.5 Å². The SMILES string of the molecule is CN(C)C(=O)NCCNC(=O)c1ccc(Br)cc1N. The molecule has 0 spiro atoms. The minimum Gasteiger partial charge on any atom is -0.398 e. The van der Waals surface area contributed by atoms with Crippen molar-refractivity contribution in [3.63, 3.8) is 0 Å². The molecule has 0 bridgehead atoms. The average Bonchev–Trinajstić information content (AvgIpc) is 2.33. The Kier molecular flexibility index (Phi) is 5.62. The van der Waals surface area contributed by atoms with Crippen molar-refractivity contribution in [1.82, 2.24) is 15.5 Å². The third-order valence-corrected chi connectivity index (χ3v) is 2.84. The second-order valence-corrected chi connectivity index (χ2v) is 5.03. The molecule has 0 radical (unpaired) electrons. The van der Waals surface area contributed by atoms with E-state index in [1.807, 2.05) is 0 Å². The standard InChI is InChI=1S/C12H17BrN4O2/c1-17(2)12(19)16-6-5-15-11(18)9-4-3-8(13)7-10(9)14/h3-4,7H,5-6,14H2,1-2H3,(H,15,18)(H,16,19). The summed E-state index contributed by atoms with van der Waals surface area (Å²) in [6.45, 7) is 0.701. The zero-order valence-electron chi connectivity index (χ0n) is 10.9. The van der Waals surface area contributed by atoms with Crippen LogP contribution in [0.15, 0.2) is 22.7 Å². The quantitative estimate of drug-likeness (QED) is 0.570. The molecule has 4 N–H and O–H groups in total. The largest absolute Gasteiger partial charge is 0.398 e. The van der Waals surface area contributed by atoms with Crippen LogP contribution in [0.2, 0.25) is 0 Å². The maximum Gasteiger partial charge on any atom is 0.316 e. The molecule has 0 aromatic heterocycles. The number of amides is 3. The number of carbonyl (C=O) groups excluding carboxylic acids is 2. The molecule has 0 heterocycles. The van der Waals surface area contributed by atoms with Gasteiger partial charge in [-0.3, -0.25) is 4.79 Å². The lowest BCUT2D eigenvalue weighted by Gasteiger charge is -2.12. The number of anilines is 1. The van der Waals surface area contributed by atoms with Crippen LogP contribution >= 0.6 is 15.9 Å². The molecule has 0 aliphatic rings. The second kappa shape index (κ2) is 6.98. The van der Waals surface area contributed by atoms with E-state index in [0.717, 1.165) is 4.47 Å². The van der Waals surface area contributed by atoms with Crippen molar-refractivity contribution in [3.05, 3.63) is 28.2 Å². The first-order valence-electron chi connectivity index (χ1n) is 5.70. The van der Waals surface area contributed by atoms with Crippen LogP contribution in [0, 0.1) is 0 Å². The lowest BCUT2D eigenvalue weighted by atomic mass is 10.1. The van der Waals surface area contributed by atoms with Crippen molar-refractivity contribution in [3.8, 4) is 0 Å². The maximum absolute atomic E-state index is 11.8.